The quantitative estimate of drug-likeness (QED) is 0.588. The third-order valence-corrected chi connectivity index (χ3v) is 7.24. The average Bonchev–Trinajstić information content (AvgIpc) is 3.50. The van der Waals surface area contributed by atoms with Gasteiger partial charge < -0.3 is 25.3 Å². The van der Waals surface area contributed by atoms with Crippen LogP contribution in [-0.4, -0.2) is 80.1 Å². The Morgan fingerprint density at radius 1 is 1.06 bits per heavy atom. The van der Waals surface area contributed by atoms with Crippen LogP contribution in [-0.2, 0) is 20.9 Å². The number of thiazole rings is 1. The average molecular weight is 473 g/mol. The van der Waals surface area contributed by atoms with Gasteiger partial charge in [0.15, 0.2) is 0 Å². The van der Waals surface area contributed by atoms with E-state index in [0.717, 1.165) is 21.7 Å². The first-order valence-electron chi connectivity index (χ1n) is 11.0. The maximum atomic E-state index is 13.1. The molecule has 4 atom stereocenters. The molecule has 0 aliphatic carbocycles. The molecule has 2 aliphatic heterocycles. The van der Waals surface area contributed by atoms with Crippen LogP contribution in [0.25, 0.3) is 10.4 Å². The largest absolute Gasteiger partial charge is 0.391 e. The summed E-state index contributed by atoms with van der Waals surface area (Å²) >= 11 is 1.58. The number of hydrogen-bond donors (Lipinski definition) is 3. The molecule has 2 aliphatic rings. The summed E-state index contributed by atoms with van der Waals surface area (Å²) in [5, 5.41) is 23.0. The molecule has 1 aromatic heterocycles. The second-order valence-corrected chi connectivity index (χ2v) is 9.51. The Bertz CT molecular complexity index is 1040. The lowest BCUT2D eigenvalue weighted by Crippen LogP contribution is -2.52. The van der Waals surface area contributed by atoms with Gasteiger partial charge in [0, 0.05) is 39.4 Å². The van der Waals surface area contributed by atoms with Crippen LogP contribution in [0.4, 0.5) is 0 Å². The minimum atomic E-state index is -0.821. The lowest BCUT2D eigenvalue weighted by Gasteiger charge is -2.30. The number of rotatable bonds is 5. The first-order chi connectivity index (χ1) is 15.7. The van der Waals surface area contributed by atoms with Crippen molar-refractivity contribution in [2.75, 3.05) is 13.1 Å². The van der Waals surface area contributed by atoms with Crippen molar-refractivity contribution in [2.45, 2.75) is 57.5 Å². The zero-order valence-electron chi connectivity index (χ0n) is 18.6. The van der Waals surface area contributed by atoms with Gasteiger partial charge in [-0.2, -0.15) is 0 Å². The number of amides is 3. The second-order valence-electron chi connectivity index (χ2n) is 8.65. The highest BCUT2D eigenvalue weighted by Gasteiger charge is 2.45. The number of β-amino-alcohol motifs (C(OH)–C–C–N with tert-alkyl or cyclic N) is 2. The standard InChI is InChI=1S/C23H28N4O5S/c1-13-21(33-12-25-13)16-5-3-15(4-6-16)9-24-22(31)19-7-17(29)11-27(19)23(32)20-8-18(30)10-26(20)14(2)28/h3-6,12,17-20,29-30H,7-11H2,1-2H3,(H,24,31)/t17-,18-,19+,20+/m1/s1. The van der Waals surface area contributed by atoms with Gasteiger partial charge in [-0.25, -0.2) is 4.98 Å². The van der Waals surface area contributed by atoms with Gasteiger partial charge in [0.1, 0.15) is 12.1 Å². The SMILES string of the molecule is CC(=O)N1C[C@H](O)C[C@H]1C(=O)N1C[C@H](O)C[C@H]1C(=O)NCc1ccc(-c2scnc2C)cc1. The Balaban J connectivity index is 1.40. The minimum Gasteiger partial charge on any atom is -0.391 e. The number of nitrogens with one attached hydrogen (secondary N) is 1. The first-order valence-corrected chi connectivity index (χ1v) is 11.8. The van der Waals surface area contributed by atoms with E-state index < -0.39 is 30.2 Å². The number of aliphatic hydroxyl groups is 2. The van der Waals surface area contributed by atoms with Gasteiger partial charge in [0.2, 0.25) is 17.7 Å². The molecule has 1 aromatic carbocycles. The molecule has 4 rings (SSSR count). The number of hydrogen-bond acceptors (Lipinski definition) is 7. The van der Waals surface area contributed by atoms with Crippen LogP contribution in [0.2, 0.25) is 0 Å². The van der Waals surface area contributed by atoms with Crippen LogP contribution in [0.1, 0.15) is 31.0 Å². The van der Waals surface area contributed by atoms with Crippen molar-refractivity contribution < 1.29 is 24.6 Å². The van der Waals surface area contributed by atoms with Gasteiger partial charge in [-0.1, -0.05) is 24.3 Å². The van der Waals surface area contributed by atoms with Gasteiger partial charge >= 0.3 is 0 Å². The topological polar surface area (TPSA) is 123 Å². The smallest absolute Gasteiger partial charge is 0.246 e. The summed E-state index contributed by atoms with van der Waals surface area (Å²) < 4.78 is 0. The van der Waals surface area contributed by atoms with Crippen LogP contribution in [0.3, 0.4) is 0 Å². The molecular formula is C23H28N4O5S. The molecule has 176 valence electrons. The highest BCUT2D eigenvalue weighted by Crippen LogP contribution is 2.28. The Labute approximate surface area is 196 Å². The second kappa shape index (κ2) is 9.58. The molecule has 2 fully saturated rings. The van der Waals surface area contributed by atoms with Gasteiger partial charge in [-0.05, 0) is 18.1 Å². The fraction of sp³-hybridized carbons (Fsp3) is 0.478. The number of aryl methyl sites for hydroxylation is 1. The van der Waals surface area contributed by atoms with Crippen LogP contribution in [0, 0.1) is 6.92 Å². The van der Waals surface area contributed by atoms with E-state index in [1.54, 1.807) is 11.3 Å². The molecule has 3 N–H and O–H groups in total. The number of carbonyl (C=O) groups excluding carboxylic acids is 3. The van der Waals surface area contributed by atoms with E-state index in [1.165, 1.54) is 16.7 Å². The lowest BCUT2D eigenvalue weighted by atomic mass is 10.1. The Morgan fingerprint density at radius 2 is 1.70 bits per heavy atom. The summed E-state index contributed by atoms with van der Waals surface area (Å²) in [6, 6.07) is 6.20. The van der Waals surface area contributed by atoms with Crippen molar-refractivity contribution >= 4 is 29.1 Å². The summed E-state index contributed by atoms with van der Waals surface area (Å²) in [5.41, 5.74) is 4.76. The summed E-state index contributed by atoms with van der Waals surface area (Å²) in [6.45, 7) is 3.72. The fourth-order valence-electron chi connectivity index (χ4n) is 4.55. The molecule has 0 saturated carbocycles. The van der Waals surface area contributed by atoms with E-state index in [2.05, 4.69) is 10.3 Å². The molecule has 2 aromatic rings. The molecule has 0 bridgehead atoms. The Hall–Kier alpha value is -2.82. The molecule has 3 heterocycles. The van der Waals surface area contributed by atoms with Gasteiger partial charge in [-0.15, -0.1) is 11.3 Å². The number of benzene rings is 1. The molecule has 10 heteroatoms. The molecule has 9 nitrogen and oxygen atoms in total. The van der Waals surface area contributed by atoms with E-state index >= 15 is 0 Å². The van der Waals surface area contributed by atoms with E-state index in [9.17, 15) is 24.6 Å². The maximum absolute atomic E-state index is 13.1. The zero-order valence-corrected chi connectivity index (χ0v) is 19.4. The van der Waals surface area contributed by atoms with Crippen molar-refractivity contribution in [3.8, 4) is 10.4 Å². The third-order valence-electron chi connectivity index (χ3n) is 6.26. The monoisotopic (exact) mass is 472 g/mol. The number of carbonyl (C=O) groups is 3. The number of aromatic nitrogens is 1. The molecule has 0 radical (unpaired) electrons. The van der Waals surface area contributed by atoms with E-state index in [-0.39, 0.29) is 44.3 Å². The number of nitrogens with zero attached hydrogens (tertiary/aromatic N) is 3. The minimum absolute atomic E-state index is 0.0259. The molecule has 2 saturated heterocycles. The highest BCUT2D eigenvalue weighted by atomic mass is 32.1. The summed E-state index contributed by atoms with van der Waals surface area (Å²) in [7, 11) is 0. The Morgan fingerprint density at radius 3 is 2.30 bits per heavy atom. The van der Waals surface area contributed by atoms with Crippen LogP contribution in [0.15, 0.2) is 29.8 Å². The molecule has 0 unspecified atom stereocenters. The predicted molar refractivity (Wildman–Crippen MR) is 122 cm³/mol. The normalized spacial score (nSPS) is 24.8. The van der Waals surface area contributed by atoms with Crippen molar-refractivity contribution in [1.29, 1.82) is 0 Å². The van der Waals surface area contributed by atoms with Crippen LogP contribution >= 0.6 is 11.3 Å². The van der Waals surface area contributed by atoms with E-state index in [4.69, 9.17) is 0 Å². The van der Waals surface area contributed by atoms with Crippen molar-refractivity contribution in [2.24, 2.45) is 0 Å². The van der Waals surface area contributed by atoms with Gasteiger partial charge in [0.25, 0.3) is 0 Å². The fourth-order valence-corrected chi connectivity index (χ4v) is 5.36. The summed E-state index contributed by atoms with van der Waals surface area (Å²) in [6.07, 6.45) is -1.33. The molecule has 0 spiro atoms. The van der Waals surface area contributed by atoms with Crippen molar-refractivity contribution in [3.63, 3.8) is 0 Å². The van der Waals surface area contributed by atoms with Gasteiger partial charge in [0.05, 0.1) is 28.3 Å². The van der Waals surface area contributed by atoms with E-state index in [0.29, 0.717) is 0 Å². The first kappa shape index (κ1) is 23.3. The molecule has 33 heavy (non-hydrogen) atoms. The van der Waals surface area contributed by atoms with Crippen LogP contribution in [0.5, 0.6) is 0 Å². The number of aliphatic hydroxyl groups excluding tert-OH is 2. The van der Waals surface area contributed by atoms with Crippen molar-refractivity contribution in [3.05, 3.63) is 41.0 Å². The van der Waals surface area contributed by atoms with Gasteiger partial charge in [-0.3, -0.25) is 14.4 Å². The third kappa shape index (κ3) is 4.92. The maximum Gasteiger partial charge on any atom is 0.246 e. The van der Waals surface area contributed by atoms with Crippen LogP contribution < -0.4 is 5.32 Å². The highest BCUT2D eigenvalue weighted by molar-refractivity contribution is 7.13. The van der Waals surface area contributed by atoms with Crippen molar-refractivity contribution in [1.82, 2.24) is 20.1 Å². The predicted octanol–water partition coefficient (Wildman–Crippen LogP) is 0.678. The number of likely N-dealkylation sites (tertiary alicyclic amines) is 2. The van der Waals surface area contributed by atoms with E-state index in [1.807, 2.05) is 36.7 Å². The molecule has 3 amide bonds. The lowest BCUT2D eigenvalue weighted by molar-refractivity contribution is -0.146. The Kier molecular flexibility index (Phi) is 6.78. The zero-order chi connectivity index (χ0) is 23.7. The summed E-state index contributed by atoms with van der Waals surface area (Å²) in [4.78, 5) is 46.0. The molecular weight excluding hydrogens is 444 g/mol. The summed E-state index contributed by atoms with van der Waals surface area (Å²) in [5.74, 6) is -1.07.